The number of hydrogen-bond acceptors (Lipinski definition) is 9. The summed E-state index contributed by atoms with van der Waals surface area (Å²) in [5.41, 5.74) is -0.683. The summed E-state index contributed by atoms with van der Waals surface area (Å²) in [6.45, 7) is 12.0. The normalized spacial score (nSPS) is 22.5. The summed E-state index contributed by atoms with van der Waals surface area (Å²) in [5, 5.41) is 13.4. The van der Waals surface area contributed by atoms with Crippen LogP contribution in [0.5, 0.6) is 11.5 Å². The van der Waals surface area contributed by atoms with Crippen LogP contribution in [0.4, 0.5) is 0 Å². The molecule has 5 rings (SSSR count). The van der Waals surface area contributed by atoms with Gasteiger partial charge in [0.05, 0.1) is 36.5 Å². The maximum absolute atomic E-state index is 14.7. The first-order chi connectivity index (χ1) is 25.7. The highest BCUT2D eigenvalue weighted by molar-refractivity contribution is 6.38. The number of ketones is 1. The predicted octanol–water partition coefficient (Wildman–Crippen LogP) is 5.24. The summed E-state index contributed by atoms with van der Waals surface area (Å²) in [5.74, 6) is -1.41. The van der Waals surface area contributed by atoms with Gasteiger partial charge in [-0.15, -0.1) is 0 Å². The molecule has 2 aliphatic heterocycles. The van der Waals surface area contributed by atoms with E-state index in [1.807, 2.05) is 41.5 Å². The predicted molar refractivity (Wildman–Crippen MR) is 204 cm³/mol. The molecule has 3 N–H and O–H groups in total. The van der Waals surface area contributed by atoms with E-state index in [2.05, 4.69) is 21.1 Å². The van der Waals surface area contributed by atoms with E-state index in [0.717, 1.165) is 38.5 Å². The van der Waals surface area contributed by atoms with Crippen LogP contribution in [0.3, 0.4) is 0 Å². The number of carbonyl (C=O) groups is 5. The number of Topliss-reactive ketones (excluding diaryl/α,β-unsaturated/α-hetero) is 1. The lowest BCUT2D eigenvalue weighted by molar-refractivity contribution is -0.145. The monoisotopic (exact) mass is 771 g/mol. The largest absolute Gasteiger partial charge is 0.493 e. The van der Waals surface area contributed by atoms with Crippen LogP contribution >= 0.6 is 11.6 Å². The van der Waals surface area contributed by atoms with Gasteiger partial charge in [-0.25, -0.2) is 0 Å². The van der Waals surface area contributed by atoms with E-state index < -0.39 is 52.6 Å². The number of nitrogens with zero attached hydrogens (tertiary/aromatic N) is 2. The Hall–Kier alpha value is -3.87. The molecule has 2 aliphatic carbocycles. The van der Waals surface area contributed by atoms with Gasteiger partial charge in [-0.05, 0) is 63.4 Å². The van der Waals surface area contributed by atoms with Crippen molar-refractivity contribution in [3.8, 4) is 11.5 Å². The van der Waals surface area contributed by atoms with Crippen molar-refractivity contribution in [2.45, 2.75) is 148 Å². The van der Waals surface area contributed by atoms with Gasteiger partial charge in [0, 0.05) is 36.9 Å². The summed E-state index contributed by atoms with van der Waals surface area (Å²) in [4.78, 5) is 76.2. The number of rotatable bonds is 16. The van der Waals surface area contributed by atoms with Crippen molar-refractivity contribution in [1.29, 1.82) is 0 Å². The molecule has 1 aromatic rings. The van der Waals surface area contributed by atoms with Crippen LogP contribution in [-0.2, 0) is 28.8 Å². The lowest BCUT2D eigenvalue weighted by Gasteiger charge is -2.36. The first-order valence-corrected chi connectivity index (χ1v) is 20.2. The number of hydrogen-bond donors (Lipinski definition) is 3. The topological polar surface area (TPSA) is 165 Å². The third-order valence-electron chi connectivity index (χ3n) is 10.7. The Morgan fingerprint density at radius 3 is 2.30 bits per heavy atom. The number of nitrogens with one attached hydrogen (secondary N) is 3. The number of ether oxygens (including phenoxy) is 2. The Balaban J connectivity index is 1.42. The zero-order chi connectivity index (χ0) is 39.2. The van der Waals surface area contributed by atoms with Gasteiger partial charge in [0.2, 0.25) is 23.5 Å². The summed E-state index contributed by atoms with van der Waals surface area (Å²) in [7, 11) is 0. The average molecular weight is 772 g/mol. The van der Waals surface area contributed by atoms with Crippen molar-refractivity contribution in [2.24, 2.45) is 16.5 Å². The highest BCUT2D eigenvalue weighted by atomic mass is 35.5. The van der Waals surface area contributed by atoms with Crippen LogP contribution in [0, 0.1) is 11.3 Å². The van der Waals surface area contributed by atoms with Crippen molar-refractivity contribution in [1.82, 2.24) is 20.9 Å². The van der Waals surface area contributed by atoms with Crippen molar-refractivity contribution in [3.05, 3.63) is 22.7 Å². The van der Waals surface area contributed by atoms with E-state index in [-0.39, 0.29) is 43.7 Å². The lowest BCUT2D eigenvalue weighted by atomic mass is 9.84. The Morgan fingerprint density at radius 2 is 1.67 bits per heavy atom. The number of benzene rings is 1. The summed E-state index contributed by atoms with van der Waals surface area (Å²) >= 11 is 6.60. The number of carbonyl (C=O) groups excluding carboxylic acids is 5. The van der Waals surface area contributed by atoms with Crippen molar-refractivity contribution >= 4 is 46.7 Å². The van der Waals surface area contributed by atoms with E-state index in [1.165, 1.54) is 11.3 Å². The molecule has 0 aromatic heterocycles. The fourth-order valence-electron chi connectivity index (χ4n) is 7.73. The quantitative estimate of drug-likeness (QED) is 0.192. The Morgan fingerprint density at radius 1 is 0.981 bits per heavy atom. The number of oxime groups is 1. The lowest BCUT2D eigenvalue weighted by Crippen LogP contribution is -2.59. The molecule has 0 bridgehead atoms. The molecule has 54 heavy (non-hydrogen) atoms. The highest BCUT2D eigenvalue weighted by Gasteiger charge is 2.56. The third kappa shape index (κ3) is 10.1. The van der Waals surface area contributed by atoms with Crippen LogP contribution in [0.1, 0.15) is 124 Å². The second-order valence-corrected chi connectivity index (χ2v) is 16.8. The maximum atomic E-state index is 14.7. The van der Waals surface area contributed by atoms with Crippen molar-refractivity contribution in [3.63, 3.8) is 0 Å². The molecule has 2 saturated carbocycles. The molecule has 1 spiro atoms. The van der Waals surface area contributed by atoms with Crippen LogP contribution in [0.15, 0.2) is 17.3 Å². The number of likely N-dealkylation sites (tertiary alicyclic amines) is 1. The molecule has 298 valence electrons. The molecule has 4 amide bonds. The smallest absolute Gasteiger partial charge is 0.289 e. The Kier molecular flexibility index (Phi) is 13.6. The molecule has 4 aliphatic rings. The molecule has 4 atom stereocenters. The average Bonchev–Trinajstić information content (AvgIpc) is 3.72. The molecule has 0 radical (unpaired) electrons. The van der Waals surface area contributed by atoms with Gasteiger partial charge in [-0.2, -0.15) is 0 Å². The van der Waals surface area contributed by atoms with E-state index >= 15 is 0 Å². The summed E-state index contributed by atoms with van der Waals surface area (Å²) in [6.07, 6.45) is 8.36. The summed E-state index contributed by atoms with van der Waals surface area (Å²) in [6, 6.07) is 0.305. The van der Waals surface area contributed by atoms with Gasteiger partial charge in [-0.3, -0.25) is 24.0 Å². The molecule has 14 heteroatoms. The minimum atomic E-state index is -1.11. The molecular weight excluding hydrogens is 714 g/mol. The van der Waals surface area contributed by atoms with E-state index in [1.54, 1.807) is 12.1 Å². The van der Waals surface area contributed by atoms with Gasteiger partial charge < -0.3 is 35.2 Å². The van der Waals surface area contributed by atoms with Gasteiger partial charge in [0.15, 0.2) is 5.60 Å². The fraction of sp³-hybridized carbons (Fsp3) is 0.700. The standard InChI is InChI=1S/C40H58ClN5O8/c1-7-13-28(34(48)37(50)42-25-16-17-25)43-36(49)30-22-40(21-29(45-54-40)26-19-27(41)32(53-9-3)20-31(26)52-8-2)23-46(30)38(51)35(39(4,5)6)44-33(47)18-24-14-11-10-12-15-24/h19-20,24-25,28,30,35H,7-18,21-23H2,1-6H3,(H,42,50)(H,43,49)(H,44,47)/t28-,30-,35+,40+/m0/s1. The molecule has 13 nitrogen and oxygen atoms in total. The van der Waals surface area contributed by atoms with Crippen LogP contribution in [0.2, 0.25) is 5.02 Å². The molecular formula is C40H58ClN5O8. The second kappa shape index (κ2) is 17.7. The Labute approximate surface area is 324 Å². The highest BCUT2D eigenvalue weighted by Crippen LogP contribution is 2.43. The van der Waals surface area contributed by atoms with E-state index in [4.69, 9.17) is 25.9 Å². The molecule has 1 aromatic carbocycles. The van der Waals surface area contributed by atoms with Gasteiger partial charge in [0.1, 0.15) is 23.6 Å². The van der Waals surface area contributed by atoms with Crippen molar-refractivity contribution in [2.75, 3.05) is 19.8 Å². The minimum Gasteiger partial charge on any atom is -0.493 e. The zero-order valence-electron chi connectivity index (χ0n) is 32.7. The minimum absolute atomic E-state index is 0.00865. The third-order valence-corrected chi connectivity index (χ3v) is 11.0. The van der Waals surface area contributed by atoms with Crippen LogP contribution < -0.4 is 25.4 Å². The van der Waals surface area contributed by atoms with Gasteiger partial charge in [0.25, 0.3) is 5.91 Å². The molecule has 3 fully saturated rings. The fourth-order valence-corrected chi connectivity index (χ4v) is 7.95. The van der Waals surface area contributed by atoms with Crippen LogP contribution in [-0.4, -0.2) is 89.6 Å². The summed E-state index contributed by atoms with van der Waals surface area (Å²) < 4.78 is 11.6. The SMILES string of the molecule is CCC[C@H](NC(=O)[C@@H]1C[C@]2(CC(c3cc(Cl)c(OCC)cc3OCC)=NO2)CN1C(=O)[C@@H](NC(=O)CC1CCCCC1)C(C)(C)C)C(=O)C(=O)NC1CC1. The molecule has 0 unspecified atom stereocenters. The van der Waals surface area contributed by atoms with E-state index in [0.29, 0.717) is 53.9 Å². The Bertz CT molecular complexity index is 1600. The van der Waals surface area contributed by atoms with Gasteiger partial charge >= 0.3 is 0 Å². The van der Waals surface area contributed by atoms with Crippen LogP contribution in [0.25, 0.3) is 0 Å². The number of amides is 4. The van der Waals surface area contributed by atoms with E-state index in [9.17, 15) is 24.0 Å². The van der Waals surface area contributed by atoms with Gasteiger partial charge in [-0.1, -0.05) is 70.1 Å². The maximum Gasteiger partial charge on any atom is 0.289 e. The van der Waals surface area contributed by atoms with Crippen molar-refractivity contribution < 1.29 is 38.3 Å². The zero-order valence-corrected chi connectivity index (χ0v) is 33.4. The molecule has 2 heterocycles. The first-order valence-electron chi connectivity index (χ1n) is 19.8. The number of halogens is 1. The first kappa shape index (κ1) is 41.3. The molecule has 1 saturated heterocycles. The second-order valence-electron chi connectivity index (χ2n) is 16.4.